The Bertz CT molecular complexity index is 1230. The molecule has 2 heterocycles. The molecule has 2 aromatic carbocycles. The van der Waals surface area contributed by atoms with Crippen molar-refractivity contribution >= 4 is 17.4 Å². The quantitative estimate of drug-likeness (QED) is 0.373. The smallest absolute Gasteiger partial charge is 0.251 e. The molecule has 1 saturated carbocycles. The van der Waals surface area contributed by atoms with Crippen molar-refractivity contribution in [3.8, 4) is 22.5 Å². The van der Waals surface area contributed by atoms with Crippen molar-refractivity contribution in [3.63, 3.8) is 0 Å². The zero-order chi connectivity index (χ0) is 21.9. The Morgan fingerprint density at radius 1 is 1.06 bits per heavy atom. The zero-order valence-corrected chi connectivity index (χ0v) is 17.8. The van der Waals surface area contributed by atoms with E-state index < -0.39 is 0 Å². The number of aromatic nitrogens is 3. The highest BCUT2D eigenvalue weighted by Gasteiger charge is 2.23. The van der Waals surface area contributed by atoms with Gasteiger partial charge in [-0.2, -0.15) is 0 Å². The Kier molecular flexibility index (Phi) is 5.56. The van der Waals surface area contributed by atoms with Gasteiger partial charge in [-0.25, -0.2) is 9.97 Å². The molecule has 0 radical (unpaired) electrons. The molecule has 4 N–H and O–H groups in total. The minimum absolute atomic E-state index is 0.0147. The fourth-order valence-corrected chi connectivity index (χ4v) is 3.67. The van der Waals surface area contributed by atoms with Gasteiger partial charge in [-0.1, -0.05) is 42.5 Å². The van der Waals surface area contributed by atoms with E-state index in [1.165, 1.54) is 0 Å². The number of hydrogen-bond acceptors (Lipinski definition) is 5. The molecule has 7 heteroatoms. The lowest BCUT2D eigenvalue weighted by Gasteiger charge is -2.11. The van der Waals surface area contributed by atoms with E-state index in [0.717, 1.165) is 59.8 Å². The molecule has 0 atom stereocenters. The van der Waals surface area contributed by atoms with Crippen LogP contribution in [0, 0.1) is 0 Å². The largest absolute Gasteiger partial charge is 0.367 e. The number of amides is 1. The molecule has 0 unspecified atom stereocenters. The summed E-state index contributed by atoms with van der Waals surface area (Å²) in [6, 6.07) is 18.1. The average Bonchev–Trinajstić information content (AvgIpc) is 3.54. The maximum atomic E-state index is 12.3. The molecular formula is C25H26N6O. The van der Waals surface area contributed by atoms with E-state index in [1.807, 2.05) is 67.0 Å². The van der Waals surface area contributed by atoms with Crippen molar-refractivity contribution in [1.82, 2.24) is 19.7 Å². The molecule has 0 saturated heterocycles. The SMILES string of the molecule is NCCCNc1nc(-c2ccccc2)cn2c(-c3ccc(C(=O)NC4CC4)cc3)cnc12. The second-order valence-electron chi connectivity index (χ2n) is 8.07. The van der Waals surface area contributed by atoms with Crippen molar-refractivity contribution in [2.24, 2.45) is 5.73 Å². The number of hydrogen-bond donors (Lipinski definition) is 3. The van der Waals surface area contributed by atoms with E-state index in [4.69, 9.17) is 10.7 Å². The van der Waals surface area contributed by atoms with Crippen molar-refractivity contribution in [3.05, 3.63) is 72.6 Å². The van der Waals surface area contributed by atoms with Crippen LogP contribution < -0.4 is 16.4 Å². The summed E-state index contributed by atoms with van der Waals surface area (Å²) in [4.78, 5) is 21.8. The Labute approximate surface area is 186 Å². The van der Waals surface area contributed by atoms with Crippen LogP contribution in [0.4, 0.5) is 5.82 Å². The lowest BCUT2D eigenvalue weighted by atomic mass is 10.1. The highest BCUT2D eigenvalue weighted by atomic mass is 16.1. The maximum Gasteiger partial charge on any atom is 0.251 e. The molecule has 7 nitrogen and oxygen atoms in total. The molecule has 1 aliphatic carbocycles. The monoisotopic (exact) mass is 426 g/mol. The number of anilines is 1. The Morgan fingerprint density at radius 3 is 2.56 bits per heavy atom. The van der Waals surface area contributed by atoms with Gasteiger partial charge in [0.25, 0.3) is 5.91 Å². The molecule has 5 rings (SSSR count). The minimum Gasteiger partial charge on any atom is -0.367 e. The van der Waals surface area contributed by atoms with Gasteiger partial charge in [0.15, 0.2) is 11.5 Å². The van der Waals surface area contributed by atoms with Gasteiger partial charge < -0.3 is 16.4 Å². The summed E-state index contributed by atoms with van der Waals surface area (Å²) in [7, 11) is 0. The van der Waals surface area contributed by atoms with E-state index in [9.17, 15) is 4.79 Å². The standard InChI is InChI=1S/C25H26N6O/c26-13-4-14-27-23-24-28-15-22(31(24)16-21(30-23)17-5-2-1-3-6-17)18-7-9-19(10-8-18)25(32)29-20-11-12-20/h1-3,5-10,15-16,20H,4,11-14,26H2,(H,27,30)(H,29,32). The molecule has 0 aliphatic heterocycles. The maximum absolute atomic E-state index is 12.3. The van der Waals surface area contributed by atoms with Gasteiger partial charge in [0.1, 0.15) is 0 Å². The molecule has 1 aliphatic rings. The third-order valence-electron chi connectivity index (χ3n) is 5.59. The van der Waals surface area contributed by atoms with E-state index in [0.29, 0.717) is 18.2 Å². The molecular weight excluding hydrogens is 400 g/mol. The van der Waals surface area contributed by atoms with Crippen LogP contribution in [0.3, 0.4) is 0 Å². The summed E-state index contributed by atoms with van der Waals surface area (Å²) < 4.78 is 2.05. The first-order valence-electron chi connectivity index (χ1n) is 11.0. The molecule has 32 heavy (non-hydrogen) atoms. The highest BCUT2D eigenvalue weighted by Crippen LogP contribution is 2.28. The van der Waals surface area contributed by atoms with Crippen molar-refractivity contribution in [2.75, 3.05) is 18.4 Å². The topological polar surface area (TPSA) is 97.3 Å². The van der Waals surface area contributed by atoms with Crippen LogP contribution in [0.15, 0.2) is 67.0 Å². The van der Waals surface area contributed by atoms with Crippen molar-refractivity contribution in [2.45, 2.75) is 25.3 Å². The molecule has 0 spiro atoms. The Balaban J connectivity index is 1.53. The van der Waals surface area contributed by atoms with Crippen LogP contribution in [-0.2, 0) is 0 Å². The number of carbonyl (C=O) groups excluding carboxylic acids is 1. The first-order chi connectivity index (χ1) is 15.7. The predicted octanol–water partition coefficient (Wildman–Crippen LogP) is 3.72. The van der Waals surface area contributed by atoms with Crippen molar-refractivity contribution in [1.29, 1.82) is 0 Å². The molecule has 2 aromatic heterocycles. The van der Waals surface area contributed by atoms with Crippen molar-refractivity contribution < 1.29 is 4.79 Å². The normalized spacial score (nSPS) is 13.3. The summed E-state index contributed by atoms with van der Waals surface area (Å²) in [5.41, 5.74) is 10.9. The molecule has 1 amide bonds. The number of nitrogens with two attached hydrogens (primary N) is 1. The van der Waals surface area contributed by atoms with E-state index >= 15 is 0 Å². The van der Waals surface area contributed by atoms with Gasteiger partial charge in [0.2, 0.25) is 0 Å². The third-order valence-corrected chi connectivity index (χ3v) is 5.59. The van der Waals surface area contributed by atoms with Gasteiger partial charge in [0, 0.05) is 35.5 Å². The van der Waals surface area contributed by atoms with Gasteiger partial charge in [-0.15, -0.1) is 0 Å². The van der Waals surface area contributed by atoms with Gasteiger partial charge in [0.05, 0.1) is 17.6 Å². The minimum atomic E-state index is -0.0147. The highest BCUT2D eigenvalue weighted by molar-refractivity contribution is 5.95. The Morgan fingerprint density at radius 2 is 1.84 bits per heavy atom. The summed E-state index contributed by atoms with van der Waals surface area (Å²) in [5.74, 6) is 0.714. The fraction of sp³-hybridized carbons (Fsp3) is 0.240. The predicted molar refractivity (Wildman–Crippen MR) is 127 cm³/mol. The van der Waals surface area contributed by atoms with Crippen LogP contribution in [0.2, 0.25) is 0 Å². The number of nitrogens with zero attached hydrogens (tertiary/aromatic N) is 3. The molecule has 1 fully saturated rings. The number of imidazole rings is 1. The number of carbonyl (C=O) groups is 1. The van der Waals surface area contributed by atoms with E-state index in [-0.39, 0.29) is 5.91 Å². The van der Waals surface area contributed by atoms with Gasteiger partial charge >= 0.3 is 0 Å². The van der Waals surface area contributed by atoms with Crippen LogP contribution >= 0.6 is 0 Å². The Hall–Kier alpha value is -3.71. The number of benzene rings is 2. The summed E-state index contributed by atoms with van der Waals surface area (Å²) >= 11 is 0. The lowest BCUT2D eigenvalue weighted by molar-refractivity contribution is 0.0951. The average molecular weight is 427 g/mol. The first-order valence-corrected chi connectivity index (χ1v) is 11.0. The number of rotatable bonds is 8. The lowest BCUT2D eigenvalue weighted by Crippen LogP contribution is -2.25. The second-order valence-corrected chi connectivity index (χ2v) is 8.07. The molecule has 162 valence electrons. The fourth-order valence-electron chi connectivity index (χ4n) is 3.67. The molecule has 4 aromatic rings. The summed E-state index contributed by atoms with van der Waals surface area (Å²) in [5, 5.41) is 6.41. The number of fused-ring (bicyclic) bond motifs is 1. The molecule has 0 bridgehead atoms. The second kappa shape index (κ2) is 8.80. The first kappa shape index (κ1) is 20.2. The van der Waals surface area contributed by atoms with Gasteiger partial charge in [-0.05, 0) is 37.9 Å². The zero-order valence-electron chi connectivity index (χ0n) is 17.8. The van der Waals surface area contributed by atoms with Gasteiger partial charge in [-0.3, -0.25) is 9.20 Å². The van der Waals surface area contributed by atoms with Crippen LogP contribution in [-0.4, -0.2) is 39.4 Å². The van der Waals surface area contributed by atoms with Crippen LogP contribution in [0.1, 0.15) is 29.6 Å². The summed E-state index contributed by atoms with van der Waals surface area (Å²) in [6.07, 6.45) is 6.85. The summed E-state index contributed by atoms with van der Waals surface area (Å²) in [6.45, 7) is 1.34. The van der Waals surface area contributed by atoms with Crippen LogP contribution in [0.25, 0.3) is 28.2 Å². The number of nitrogens with one attached hydrogen (secondary N) is 2. The van der Waals surface area contributed by atoms with E-state index in [2.05, 4.69) is 20.0 Å². The third kappa shape index (κ3) is 4.20. The van der Waals surface area contributed by atoms with E-state index in [1.54, 1.807) is 0 Å². The van der Waals surface area contributed by atoms with Crippen LogP contribution in [0.5, 0.6) is 0 Å².